The third kappa shape index (κ3) is 5.50. The van der Waals surface area contributed by atoms with Crippen molar-refractivity contribution in [3.05, 3.63) is 69.7 Å². The van der Waals surface area contributed by atoms with E-state index >= 15 is 0 Å². The molecule has 0 heterocycles. The molecule has 0 saturated carbocycles. The van der Waals surface area contributed by atoms with Gasteiger partial charge >= 0.3 is 0 Å². The number of nitrogens with zero attached hydrogens (tertiary/aromatic N) is 1. The largest absolute Gasteiger partial charge is 0.384 e. The van der Waals surface area contributed by atoms with E-state index in [0.717, 1.165) is 5.56 Å². The van der Waals surface area contributed by atoms with E-state index in [0.29, 0.717) is 10.6 Å². The number of halogens is 1. The van der Waals surface area contributed by atoms with Gasteiger partial charge in [0.15, 0.2) is 12.4 Å². The van der Waals surface area contributed by atoms with Gasteiger partial charge in [0.2, 0.25) is 0 Å². The number of nitrogens with one attached hydrogen (secondary N) is 1. The molecule has 1 amide bonds. The van der Waals surface area contributed by atoms with Gasteiger partial charge in [0.05, 0.1) is 6.04 Å². The summed E-state index contributed by atoms with van der Waals surface area (Å²) in [5.41, 5.74) is 9.93. The molecule has 2 rings (SSSR count). The first-order chi connectivity index (χ1) is 11.9. The summed E-state index contributed by atoms with van der Waals surface area (Å²) >= 11 is 5.81. The highest BCUT2D eigenvalue weighted by atomic mass is 35.5. The van der Waals surface area contributed by atoms with Crippen molar-refractivity contribution in [2.45, 2.75) is 26.8 Å². The summed E-state index contributed by atoms with van der Waals surface area (Å²) in [6.07, 6.45) is 0. The van der Waals surface area contributed by atoms with Crippen LogP contribution in [-0.4, -0.2) is 18.3 Å². The van der Waals surface area contributed by atoms with Crippen molar-refractivity contribution in [1.29, 1.82) is 0 Å². The lowest BCUT2D eigenvalue weighted by atomic mass is 10.0. The number of nitrogens with two attached hydrogens (primary N) is 1. The summed E-state index contributed by atoms with van der Waals surface area (Å²) in [7, 11) is 0. The predicted octanol–water partition coefficient (Wildman–Crippen LogP) is 3.47. The number of rotatable bonds is 6. The fraction of sp³-hybridized carbons (Fsp3) is 0.263. The maximum Gasteiger partial charge on any atom is 0.261 e. The van der Waals surface area contributed by atoms with E-state index in [1.54, 1.807) is 24.3 Å². The third-order valence-electron chi connectivity index (χ3n) is 3.91. The van der Waals surface area contributed by atoms with Crippen molar-refractivity contribution >= 4 is 23.3 Å². The van der Waals surface area contributed by atoms with E-state index < -0.39 is 0 Å². The zero-order valence-corrected chi connectivity index (χ0v) is 15.3. The molecule has 0 unspecified atom stereocenters. The minimum atomic E-state index is -0.265. The Bertz CT molecular complexity index is 773. The number of oxime groups is 1. The topological polar surface area (TPSA) is 76.7 Å². The Balaban J connectivity index is 1.86. The molecule has 0 aliphatic rings. The minimum Gasteiger partial charge on any atom is -0.384 e. The minimum absolute atomic E-state index is 0.118. The molecule has 0 aromatic heterocycles. The predicted molar refractivity (Wildman–Crippen MR) is 101 cm³/mol. The molecule has 2 aromatic rings. The first-order valence-corrected chi connectivity index (χ1v) is 8.32. The molecular weight excluding hydrogens is 338 g/mol. The van der Waals surface area contributed by atoms with Crippen LogP contribution in [0.15, 0.2) is 47.6 Å². The van der Waals surface area contributed by atoms with Gasteiger partial charge in [-0.1, -0.05) is 35.0 Å². The van der Waals surface area contributed by atoms with E-state index in [1.807, 2.05) is 26.0 Å². The molecule has 2 aromatic carbocycles. The van der Waals surface area contributed by atoms with Crippen molar-refractivity contribution in [3.8, 4) is 0 Å². The van der Waals surface area contributed by atoms with Crippen LogP contribution < -0.4 is 11.1 Å². The van der Waals surface area contributed by atoms with Crippen LogP contribution in [0.4, 0.5) is 0 Å². The van der Waals surface area contributed by atoms with Gasteiger partial charge in [-0.05, 0) is 61.7 Å². The van der Waals surface area contributed by atoms with Gasteiger partial charge in [0.1, 0.15) is 0 Å². The molecule has 0 fully saturated rings. The van der Waals surface area contributed by atoms with Gasteiger partial charge in [0, 0.05) is 10.6 Å². The molecule has 0 bridgehead atoms. The zero-order chi connectivity index (χ0) is 18.4. The molecule has 0 radical (unpaired) electrons. The van der Waals surface area contributed by atoms with Gasteiger partial charge in [0.25, 0.3) is 5.91 Å². The van der Waals surface area contributed by atoms with Crippen LogP contribution in [0.5, 0.6) is 0 Å². The number of carbonyl (C=O) groups excluding carboxylic acids is 1. The SMILES string of the molecule is Cc1ccc([C@H](C)NC(=O)CO/N=C(\N)c2ccc(Cl)cc2)cc1C. The Kier molecular flexibility index (Phi) is 6.42. The summed E-state index contributed by atoms with van der Waals surface area (Å²) < 4.78 is 0. The van der Waals surface area contributed by atoms with Gasteiger partial charge < -0.3 is 15.9 Å². The molecule has 0 spiro atoms. The Hall–Kier alpha value is -2.53. The van der Waals surface area contributed by atoms with Crippen molar-refractivity contribution in [1.82, 2.24) is 5.32 Å². The quantitative estimate of drug-likeness (QED) is 0.471. The first kappa shape index (κ1) is 18.8. The second-order valence-corrected chi connectivity index (χ2v) is 6.33. The molecular formula is C19H22ClN3O2. The number of amides is 1. The molecule has 6 heteroatoms. The maximum atomic E-state index is 12.0. The number of amidine groups is 1. The summed E-state index contributed by atoms with van der Waals surface area (Å²) in [5.74, 6) is -0.0786. The Morgan fingerprint density at radius 2 is 1.88 bits per heavy atom. The second kappa shape index (κ2) is 8.53. The van der Waals surface area contributed by atoms with Gasteiger partial charge in [-0.2, -0.15) is 0 Å². The van der Waals surface area contributed by atoms with Crippen LogP contribution in [0.25, 0.3) is 0 Å². The van der Waals surface area contributed by atoms with Crippen molar-refractivity contribution in [2.24, 2.45) is 10.9 Å². The number of aryl methyl sites for hydroxylation is 2. The second-order valence-electron chi connectivity index (χ2n) is 5.89. The summed E-state index contributed by atoms with van der Waals surface area (Å²) in [6.45, 7) is 5.82. The lowest BCUT2D eigenvalue weighted by molar-refractivity contribution is -0.126. The molecule has 25 heavy (non-hydrogen) atoms. The van der Waals surface area contributed by atoms with Crippen molar-refractivity contribution in [3.63, 3.8) is 0 Å². The summed E-state index contributed by atoms with van der Waals surface area (Å²) in [6, 6.07) is 12.9. The smallest absolute Gasteiger partial charge is 0.261 e. The van der Waals surface area contributed by atoms with E-state index in [4.69, 9.17) is 22.2 Å². The van der Waals surface area contributed by atoms with Crippen LogP contribution in [-0.2, 0) is 9.63 Å². The number of carbonyl (C=O) groups is 1. The van der Waals surface area contributed by atoms with E-state index in [2.05, 4.69) is 23.5 Å². The molecule has 1 atom stereocenters. The molecule has 0 saturated heterocycles. The monoisotopic (exact) mass is 359 g/mol. The standard InChI is InChI=1S/C19H22ClN3O2/c1-12-4-5-16(10-13(12)2)14(3)22-18(24)11-25-23-19(21)15-6-8-17(20)9-7-15/h4-10,14H,11H2,1-3H3,(H2,21,23)(H,22,24)/t14-/m0/s1. The Morgan fingerprint density at radius 3 is 2.52 bits per heavy atom. The van der Waals surface area contributed by atoms with Crippen LogP contribution in [0, 0.1) is 13.8 Å². The lowest BCUT2D eigenvalue weighted by Crippen LogP contribution is -2.30. The van der Waals surface area contributed by atoms with Crippen LogP contribution in [0.1, 0.15) is 35.2 Å². The fourth-order valence-corrected chi connectivity index (χ4v) is 2.36. The third-order valence-corrected chi connectivity index (χ3v) is 4.16. The maximum absolute atomic E-state index is 12.0. The zero-order valence-electron chi connectivity index (χ0n) is 14.5. The fourth-order valence-electron chi connectivity index (χ4n) is 2.23. The van der Waals surface area contributed by atoms with Gasteiger partial charge in [-0.3, -0.25) is 4.79 Å². The molecule has 5 nitrogen and oxygen atoms in total. The first-order valence-electron chi connectivity index (χ1n) is 7.94. The number of benzene rings is 2. The van der Waals surface area contributed by atoms with Crippen LogP contribution in [0.2, 0.25) is 5.02 Å². The molecule has 0 aliphatic carbocycles. The van der Waals surface area contributed by atoms with Gasteiger partial charge in [-0.25, -0.2) is 0 Å². The highest BCUT2D eigenvalue weighted by molar-refractivity contribution is 6.30. The Labute approximate surface area is 152 Å². The van der Waals surface area contributed by atoms with Gasteiger partial charge in [-0.15, -0.1) is 0 Å². The average molecular weight is 360 g/mol. The number of hydrogen-bond donors (Lipinski definition) is 2. The highest BCUT2D eigenvalue weighted by Crippen LogP contribution is 2.16. The summed E-state index contributed by atoms with van der Waals surface area (Å²) in [4.78, 5) is 17.0. The molecule has 0 aliphatic heterocycles. The van der Waals surface area contributed by atoms with Crippen LogP contribution in [0.3, 0.4) is 0 Å². The van der Waals surface area contributed by atoms with E-state index in [-0.39, 0.29) is 24.4 Å². The Morgan fingerprint density at radius 1 is 1.20 bits per heavy atom. The number of hydrogen-bond acceptors (Lipinski definition) is 3. The van der Waals surface area contributed by atoms with E-state index in [9.17, 15) is 4.79 Å². The molecule has 3 N–H and O–H groups in total. The highest BCUT2D eigenvalue weighted by Gasteiger charge is 2.11. The van der Waals surface area contributed by atoms with Crippen molar-refractivity contribution < 1.29 is 9.63 Å². The molecule has 132 valence electrons. The van der Waals surface area contributed by atoms with Crippen molar-refractivity contribution in [2.75, 3.05) is 6.61 Å². The normalized spacial score (nSPS) is 12.6. The average Bonchev–Trinajstić information content (AvgIpc) is 2.57. The van der Waals surface area contributed by atoms with E-state index in [1.165, 1.54) is 11.1 Å². The lowest BCUT2D eigenvalue weighted by Gasteiger charge is -2.15. The summed E-state index contributed by atoms with van der Waals surface area (Å²) in [5, 5.41) is 7.24. The van der Waals surface area contributed by atoms with Crippen LogP contribution >= 0.6 is 11.6 Å².